The van der Waals surface area contributed by atoms with Gasteiger partial charge in [0.2, 0.25) is 21.8 Å². The van der Waals surface area contributed by atoms with Crippen molar-refractivity contribution in [1.82, 2.24) is 10.2 Å². The average molecular weight is 581 g/mol. The van der Waals surface area contributed by atoms with Crippen molar-refractivity contribution in [2.45, 2.75) is 60.0 Å². The molecule has 1 atom stereocenters. The van der Waals surface area contributed by atoms with Crippen molar-refractivity contribution < 1.29 is 18.0 Å². The van der Waals surface area contributed by atoms with Crippen LogP contribution in [0.1, 0.15) is 50.3 Å². The van der Waals surface area contributed by atoms with Gasteiger partial charge in [-0.1, -0.05) is 48.0 Å². The minimum atomic E-state index is -3.53. The summed E-state index contributed by atoms with van der Waals surface area (Å²) in [6.07, 6.45) is 1.62. The van der Waals surface area contributed by atoms with Crippen LogP contribution in [0.25, 0.3) is 0 Å². The molecule has 0 heterocycles. The third-order valence-corrected chi connectivity index (χ3v) is 7.49. The Morgan fingerprint density at radius 3 is 2.11 bits per heavy atom. The van der Waals surface area contributed by atoms with Crippen molar-refractivity contribution in [3.05, 3.63) is 63.6 Å². The number of carbonyl (C=O) groups excluding carboxylic acids is 2. The van der Waals surface area contributed by atoms with E-state index in [1.807, 2.05) is 70.2 Å². The smallest absolute Gasteiger partial charge is 0.242 e. The first-order valence-corrected chi connectivity index (χ1v) is 14.8. The number of nitrogens with zero attached hydrogens (tertiary/aromatic N) is 2. The lowest BCUT2D eigenvalue weighted by Gasteiger charge is -2.30. The molecule has 0 saturated carbocycles. The van der Waals surface area contributed by atoms with Gasteiger partial charge in [-0.15, -0.1) is 0 Å². The molecular formula is C27H38BrN3O4S. The lowest BCUT2D eigenvalue weighted by molar-refractivity contribution is -0.140. The highest BCUT2D eigenvalue weighted by molar-refractivity contribution is 9.10. The molecule has 0 fully saturated rings. The van der Waals surface area contributed by atoms with Gasteiger partial charge in [-0.25, -0.2) is 8.42 Å². The topological polar surface area (TPSA) is 86.8 Å². The molecule has 0 radical (unpaired) electrons. The van der Waals surface area contributed by atoms with Crippen molar-refractivity contribution in [3.63, 3.8) is 0 Å². The van der Waals surface area contributed by atoms with Gasteiger partial charge in [-0.3, -0.25) is 13.9 Å². The van der Waals surface area contributed by atoms with Crippen LogP contribution in [0.4, 0.5) is 5.69 Å². The van der Waals surface area contributed by atoms with E-state index >= 15 is 0 Å². The summed E-state index contributed by atoms with van der Waals surface area (Å²) in [7, 11) is -3.53. The third-order valence-electron chi connectivity index (χ3n) is 5.76. The van der Waals surface area contributed by atoms with E-state index < -0.39 is 16.1 Å². The predicted octanol–water partition coefficient (Wildman–Crippen LogP) is 4.80. The van der Waals surface area contributed by atoms with E-state index in [0.29, 0.717) is 24.6 Å². The van der Waals surface area contributed by atoms with Crippen LogP contribution in [0, 0.1) is 19.8 Å². The van der Waals surface area contributed by atoms with Crippen molar-refractivity contribution >= 4 is 43.5 Å². The zero-order valence-electron chi connectivity index (χ0n) is 22.0. The maximum absolute atomic E-state index is 13.3. The number of hydrogen-bond donors (Lipinski definition) is 1. The molecule has 0 bridgehead atoms. The van der Waals surface area contributed by atoms with Gasteiger partial charge in [0.25, 0.3) is 0 Å². The van der Waals surface area contributed by atoms with Gasteiger partial charge < -0.3 is 10.2 Å². The Bertz CT molecular complexity index is 1130. The van der Waals surface area contributed by atoms with E-state index in [9.17, 15) is 18.0 Å². The summed E-state index contributed by atoms with van der Waals surface area (Å²) < 4.78 is 27.3. The molecule has 9 heteroatoms. The van der Waals surface area contributed by atoms with Gasteiger partial charge in [0, 0.05) is 30.5 Å². The molecule has 2 rings (SSSR count). The van der Waals surface area contributed by atoms with Crippen LogP contribution < -0.4 is 9.62 Å². The third kappa shape index (κ3) is 9.24. The minimum Gasteiger partial charge on any atom is -0.354 e. The maximum atomic E-state index is 13.3. The number of nitrogens with one attached hydrogen (secondary N) is 1. The Balaban J connectivity index is 2.18. The van der Waals surface area contributed by atoms with E-state index in [2.05, 4.69) is 21.2 Å². The lowest BCUT2D eigenvalue weighted by Crippen LogP contribution is -2.48. The Labute approximate surface area is 224 Å². The number of aryl methyl sites for hydroxylation is 2. The van der Waals surface area contributed by atoms with Crippen molar-refractivity contribution in [1.29, 1.82) is 0 Å². The number of rotatable bonds is 12. The second kappa shape index (κ2) is 13.2. The summed E-state index contributed by atoms with van der Waals surface area (Å²) >= 11 is 3.42. The van der Waals surface area contributed by atoms with Crippen molar-refractivity contribution in [3.8, 4) is 0 Å². The fraction of sp³-hybridized carbons (Fsp3) is 0.481. The number of anilines is 1. The second-order valence-corrected chi connectivity index (χ2v) is 12.6. The summed E-state index contributed by atoms with van der Waals surface area (Å²) in [6.45, 7) is 10.6. The largest absolute Gasteiger partial charge is 0.354 e. The van der Waals surface area contributed by atoms with Crippen LogP contribution in [0.5, 0.6) is 0 Å². The van der Waals surface area contributed by atoms with E-state index in [-0.39, 0.29) is 31.3 Å². The minimum absolute atomic E-state index is 0.120. The van der Waals surface area contributed by atoms with E-state index in [0.717, 1.165) is 21.2 Å². The summed E-state index contributed by atoms with van der Waals surface area (Å²) in [6, 6.07) is 12.6. The lowest BCUT2D eigenvalue weighted by atomic mass is 10.1. The average Bonchev–Trinajstić information content (AvgIpc) is 2.77. The van der Waals surface area contributed by atoms with Crippen molar-refractivity contribution in [2.24, 2.45) is 5.92 Å². The van der Waals surface area contributed by atoms with Gasteiger partial charge in [-0.05, 0) is 74.1 Å². The Kier molecular flexibility index (Phi) is 11.0. The second-order valence-electron chi connectivity index (χ2n) is 9.75. The van der Waals surface area contributed by atoms with Crippen LogP contribution in [0.15, 0.2) is 46.9 Å². The van der Waals surface area contributed by atoms with Crippen LogP contribution in [-0.4, -0.2) is 50.5 Å². The molecule has 0 aromatic heterocycles. The van der Waals surface area contributed by atoms with Crippen LogP contribution in [0.2, 0.25) is 0 Å². The molecule has 0 spiro atoms. The number of benzene rings is 2. The number of hydrogen-bond acceptors (Lipinski definition) is 4. The highest BCUT2D eigenvalue weighted by Gasteiger charge is 2.26. The fourth-order valence-electron chi connectivity index (χ4n) is 3.92. The first-order chi connectivity index (χ1) is 16.8. The Hall–Kier alpha value is -2.39. The van der Waals surface area contributed by atoms with Gasteiger partial charge in [0.1, 0.15) is 6.04 Å². The molecule has 0 aliphatic heterocycles. The summed E-state index contributed by atoms with van der Waals surface area (Å²) in [4.78, 5) is 27.7. The molecule has 1 unspecified atom stereocenters. The highest BCUT2D eigenvalue weighted by atomic mass is 79.9. The van der Waals surface area contributed by atoms with Crippen LogP contribution in [0.3, 0.4) is 0 Å². The molecule has 36 heavy (non-hydrogen) atoms. The molecule has 1 N–H and O–H groups in total. The first-order valence-electron chi connectivity index (χ1n) is 12.2. The molecule has 0 saturated heterocycles. The van der Waals surface area contributed by atoms with Gasteiger partial charge >= 0.3 is 0 Å². The Morgan fingerprint density at radius 2 is 1.58 bits per heavy atom. The molecule has 198 valence electrons. The van der Waals surface area contributed by atoms with Gasteiger partial charge in [-0.2, -0.15) is 0 Å². The highest BCUT2D eigenvalue weighted by Crippen LogP contribution is 2.22. The van der Waals surface area contributed by atoms with E-state index in [1.54, 1.807) is 11.8 Å². The first kappa shape index (κ1) is 29.8. The SMILES string of the molecule is Cc1cc(C)cc(N(CCCC(=O)N(Cc2ccc(Br)cc2)C(C)C(=O)NCC(C)C)S(C)(=O)=O)c1. The standard InChI is InChI=1S/C27H38BrN3O4S/c1-19(2)17-29-27(33)22(5)30(18-23-9-11-24(28)12-10-23)26(32)8-7-13-31(36(6,34)35)25-15-20(3)14-21(4)16-25/h9-12,14-16,19,22H,7-8,13,17-18H2,1-6H3,(H,29,33). The van der Waals surface area contributed by atoms with Gasteiger partial charge in [0.15, 0.2) is 0 Å². The summed E-state index contributed by atoms with van der Waals surface area (Å²) in [5, 5.41) is 2.91. The zero-order chi connectivity index (χ0) is 27.0. The number of carbonyl (C=O) groups is 2. The molecule has 0 aliphatic rings. The summed E-state index contributed by atoms with van der Waals surface area (Å²) in [5.74, 6) is -0.106. The quantitative estimate of drug-likeness (QED) is 0.391. The number of sulfonamides is 1. The van der Waals surface area contributed by atoms with E-state index in [1.165, 1.54) is 10.6 Å². The molecule has 2 aromatic carbocycles. The monoisotopic (exact) mass is 579 g/mol. The molecule has 2 aromatic rings. The van der Waals surface area contributed by atoms with E-state index in [4.69, 9.17) is 0 Å². The Morgan fingerprint density at radius 1 is 1.00 bits per heavy atom. The van der Waals surface area contributed by atoms with Crippen LogP contribution in [-0.2, 0) is 26.2 Å². The van der Waals surface area contributed by atoms with Gasteiger partial charge in [0.05, 0.1) is 11.9 Å². The number of amides is 2. The number of halogens is 1. The fourth-order valence-corrected chi connectivity index (χ4v) is 5.13. The summed E-state index contributed by atoms with van der Waals surface area (Å²) in [5.41, 5.74) is 3.44. The normalized spacial score (nSPS) is 12.3. The molecule has 7 nitrogen and oxygen atoms in total. The molecule has 0 aliphatic carbocycles. The zero-order valence-corrected chi connectivity index (χ0v) is 24.4. The van der Waals surface area contributed by atoms with Crippen LogP contribution >= 0.6 is 15.9 Å². The molecule has 2 amide bonds. The molecular weight excluding hydrogens is 542 g/mol. The maximum Gasteiger partial charge on any atom is 0.242 e. The predicted molar refractivity (Wildman–Crippen MR) is 149 cm³/mol. The van der Waals surface area contributed by atoms with Crippen molar-refractivity contribution in [2.75, 3.05) is 23.7 Å².